The summed E-state index contributed by atoms with van der Waals surface area (Å²) in [4.78, 5) is 10.7. The van der Waals surface area contributed by atoms with Crippen LogP contribution in [-0.4, -0.2) is 65.8 Å². The second-order valence-electron chi connectivity index (χ2n) is 9.47. The Morgan fingerprint density at radius 3 is 2.66 bits per heavy atom. The zero-order valence-corrected chi connectivity index (χ0v) is 20.5. The normalized spacial score (nSPS) is 18.8. The van der Waals surface area contributed by atoms with Gasteiger partial charge in [-0.15, -0.1) is 10.2 Å². The van der Waals surface area contributed by atoms with E-state index < -0.39 is 0 Å². The van der Waals surface area contributed by atoms with Crippen LogP contribution in [0.5, 0.6) is 11.6 Å². The first-order valence-electron chi connectivity index (χ1n) is 12.1. The third-order valence-corrected chi connectivity index (χ3v) is 6.91. The predicted molar refractivity (Wildman–Crippen MR) is 134 cm³/mol. The SMILES string of the molecule is COCOc1cc(-c2cc(OC)ncn2)ccc1-c1ccc(N2CCC(NC3(C)CCC3)C2)nn1. The molecule has 1 aliphatic carbocycles. The van der Waals surface area contributed by atoms with Crippen molar-refractivity contribution in [3.8, 4) is 34.1 Å². The van der Waals surface area contributed by atoms with Crippen molar-refractivity contribution in [2.75, 3.05) is 39.0 Å². The van der Waals surface area contributed by atoms with Crippen molar-refractivity contribution in [1.29, 1.82) is 0 Å². The van der Waals surface area contributed by atoms with Gasteiger partial charge in [-0.1, -0.05) is 6.07 Å². The number of hydrogen-bond donors (Lipinski definition) is 1. The first kappa shape index (κ1) is 23.4. The number of nitrogens with zero attached hydrogens (tertiary/aromatic N) is 5. The Balaban J connectivity index is 1.34. The zero-order valence-electron chi connectivity index (χ0n) is 20.5. The second-order valence-corrected chi connectivity index (χ2v) is 9.47. The number of benzene rings is 1. The molecule has 1 saturated heterocycles. The summed E-state index contributed by atoms with van der Waals surface area (Å²) < 4.78 is 16.3. The molecule has 0 amide bonds. The monoisotopic (exact) mass is 476 g/mol. The minimum Gasteiger partial charge on any atom is -0.481 e. The molecule has 3 heterocycles. The molecule has 0 spiro atoms. The maximum atomic E-state index is 5.88. The number of methoxy groups -OCH3 is 2. The van der Waals surface area contributed by atoms with Crippen LogP contribution < -0.4 is 19.7 Å². The average Bonchev–Trinajstić information content (AvgIpc) is 3.34. The molecular formula is C26H32N6O3. The topological polar surface area (TPSA) is 94.5 Å². The van der Waals surface area contributed by atoms with Gasteiger partial charge in [0.2, 0.25) is 5.88 Å². The third kappa shape index (κ3) is 5.21. The Morgan fingerprint density at radius 1 is 1.06 bits per heavy atom. The van der Waals surface area contributed by atoms with Crippen LogP contribution in [0.15, 0.2) is 42.7 Å². The summed E-state index contributed by atoms with van der Waals surface area (Å²) in [5, 5.41) is 12.9. The van der Waals surface area contributed by atoms with E-state index in [4.69, 9.17) is 14.2 Å². The summed E-state index contributed by atoms with van der Waals surface area (Å²) >= 11 is 0. The third-order valence-electron chi connectivity index (χ3n) is 6.91. The van der Waals surface area contributed by atoms with Gasteiger partial charge in [-0.2, -0.15) is 0 Å². The summed E-state index contributed by atoms with van der Waals surface area (Å²) in [6.45, 7) is 4.41. The van der Waals surface area contributed by atoms with E-state index in [-0.39, 0.29) is 6.79 Å². The minimum atomic E-state index is 0.121. The first-order chi connectivity index (χ1) is 17.1. The van der Waals surface area contributed by atoms with Gasteiger partial charge < -0.3 is 24.4 Å². The van der Waals surface area contributed by atoms with Gasteiger partial charge in [0.15, 0.2) is 12.6 Å². The molecule has 1 N–H and O–H groups in total. The fourth-order valence-corrected chi connectivity index (χ4v) is 4.81. The molecule has 184 valence electrons. The van der Waals surface area contributed by atoms with Crippen molar-refractivity contribution in [2.24, 2.45) is 0 Å². The van der Waals surface area contributed by atoms with Crippen molar-refractivity contribution < 1.29 is 14.2 Å². The Morgan fingerprint density at radius 2 is 1.94 bits per heavy atom. The molecule has 9 nitrogen and oxygen atoms in total. The Kier molecular flexibility index (Phi) is 6.79. The van der Waals surface area contributed by atoms with Crippen molar-refractivity contribution in [3.63, 3.8) is 0 Å². The maximum Gasteiger partial charge on any atom is 0.216 e. The standard InChI is InChI=1S/C26H32N6O3/c1-26(10-4-11-26)29-19-9-12-32(15-19)24-8-7-21(30-31-24)20-6-5-18(13-23(20)35-17-33-2)22-14-25(34-3)28-16-27-22/h5-8,13-14,16,19,29H,4,9-12,15,17H2,1-3H3. The second kappa shape index (κ2) is 10.1. The number of anilines is 1. The molecule has 3 aromatic rings. The highest BCUT2D eigenvalue weighted by molar-refractivity contribution is 5.73. The van der Waals surface area contributed by atoms with Crippen LogP contribution in [0.1, 0.15) is 32.6 Å². The van der Waals surface area contributed by atoms with Gasteiger partial charge in [0.05, 0.1) is 18.5 Å². The highest BCUT2D eigenvalue weighted by atomic mass is 16.7. The van der Waals surface area contributed by atoms with Crippen LogP contribution >= 0.6 is 0 Å². The van der Waals surface area contributed by atoms with Crippen LogP contribution in [0.25, 0.3) is 22.5 Å². The Bertz CT molecular complexity index is 1150. The summed E-state index contributed by atoms with van der Waals surface area (Å²) in [6.07, 6.45) is 6.48. The summed E-state index contributed by atoms with van der Waals surface area (Å²) in [6, 6.07) is 12.2. The van der Waals surface area contributed by atoms with Crippen LogP contribution in [0.4, 0.5) is 5.82 Å². The molecule has 35 heavy (non-hydrogen) atoms. The number of hydrogen-bond acceptors (Lipinski definition) is 9. The average molecular weight is 477 g/mol. The summed E-state index contributed by atoms with van der Waals surface area (Å²) in [7, 11) is 3.18. The number of rotatable bonds is 9. The number of ether oxygens (including phenoxy) is 3. The van der Waals surface area contributed by atoms with Gasteiger partial charge in [-0.25, -0.2) is 9.97 Å². The van der Waals surface area contributed by atoms with Gasteiger partial charge in [-0.05, 0) is 56.9 Å². The summed E-state index contributed by atoms with van der Waals surface area (Å²) in [5.74, 6) is 2.05. The van der Waals surface area contributed by atoms with Crippen molar-refractivity contribution in [2.45, 2.75) is 44.2 Å². The van der Waals surface area contributed by atoms with E-state index in [9.17, 15) is 0 Å². The molecule has 1 aromatic carbocycles. The lowest BCUT2D eigenvalue weighted by Gasteiger charge is -2.41. The smallest absolute Gasteiger partial charge is 0.216 e. The molecule has 0 radical (unpaired) electrons. The predicted octanol–water partition coefficient (Wildman–Crippen LogP) is 3.70. The molecular weight excluding hydrogens is 444 g/mol. The molecule has 2 aromatic heterocycles. The van der Waals surface area contributed by atoms with E-state index >= 15 is 0 Å². The van der Waals surface area contributed by atoms with Crippen LogP contribution in [-0.2, 0) is 4.74 Å². The highest BCUT2D eigenvalue weighted by Crippen LogP contribution is 2.35. The van der Waals surface area contributed by atoms with Gasteiger partial charge in [0.1, 0.15) is 12.1 Å². The fraction of sp³-hybridized carbons (Fsp3) is 0.462. The molecule has 1 saturated carbocycles. The van der Waals surface area contributed by atoms with Gasteiger partial charge >= 0.3 is 0 Å². The molecule has 1 aliphatic heterocycles. The van der Waals surface area contributed by atoms with E-state index in [0.717, 1.165) is 47.8 Å². The Hall–Kier alpha value is -3.30. The van der Waals surface area contributed by atoms with E-state index in [1.54, 1.807) is 20.3 Å². The van der Waals surface area contributed by atoms with E-state index in [1.165, 1.54) is 25.6 Å². The lowest BCUT2D eigenvalue weighted by molar-refractivity contribution is 0.0515. The quantitative estimate of drug-likeness (QED) is 0.464. The van der Waals surface area contributed by atoms with Crippen molar-refractivity contribution in [1.82, 2.24) is 25.5 Å². The van der Waals surface area contributed by atoms with E-state index in [1.807, 2.05) is 30.3 Å². The van der Waals surface area contributed by atoms with Gasteiger partial charge in [0, 0.05) is 49.0 Å². The van der Waals surface area contributed by atoms with Gasteiger partial charge in [-0.3, -0.25) is 0 Å². The van der Waals surface area contributed by atoms with E-state index in [0.29, 0.717) is 23.2 Å². The molecule has 1 unspecified atom stereocenters. The molecule has 1 atom stereocenters. The molecule has 5 rings (SSSR count). The molecule has 2 fully saturated rings. The van der Waals surface area contributed by atoms with Crippen molar-refractivity contribution >= 4 is 5.82 Å². The lowest BCUT2D eigenvalue weighted by atomic mass is 9.78. The maximum absolute atomic E-state index is 5.88. The zero-order chi connectivity index (χ0) is 24.3. The lowest BCUT2D eigenvalue weighted by Crippen LogP contribution is -2.53. The largest absolute Gasteiger partial charge is 0.481 e. The molecule has 2 aliphatic rings. The molecule has 9 heteroatoms. The number of aromatic nitrogens is 4. The molecule has 0 bridgehead atoms. The first-order valence-corrected chi connectivity index (χ1v) is 12.1. The summed E-state index contributed by atoms with van der Waals surface area (Å²) in [5.41, 5.74) is 3.51. The Labute approximate surface area is 205 Å². The van der Waals surface area contributed by atoms with Crippen LogP contribution in [0.3, 0.4) is 0 Å². The highest BCUT2D eigenvalue weighted by Gasteiger charge is 2.35. The fourth-order valence-electron chi connectivity index (χ4n) is 4.81. The van der Waals surface area contributed by atoms with Gasteiger partial charge in [0.25, 0.3) is 0 Å². The minimum absolute atomic E-state index is 0.121. The number of nitrogens with one attached hydrogen (secondary N) is 1. The van der Waals surface area contributed by atoms with Crippen molar-refractivity contribution in [3.05, 3.63) is 42.7 Å². The van der Waals surface area contributed by atoms with E-state index in [2.05, 4.69) is 37.3 Å². The van der Waals surface area contributed by atoms with Crippen LogP contribution in [0, 0.1) is 0 Å². The van der Waals surface area contributed by atoms with Crippen LogP contribution in [0.2, 0.25) is 0 Å².